The highest BCUT2D eigenvalue weighted by molar-refractivity contribution is 5.14. The van der Waals surface area contributed by atoms with Gasteiger partial charge in [-0.05, 0) is 23.5 Å². The first-order valence-electron chi connectivity index (χ1n) is 4.65. The average Bonchev–Trinajstić information content (AvgIpc) is 2.17. The highest BCUT2D eigenvalue weighted by Crippen LogP contribution is 2.24. The van der Waals surface area contributed by atoms with E-state index in [1.54, 1.807) is 0 Å². The Labute approximate surface area is 74.8 Å². The molecule has 1 heterocycles. The Bertz CT molecular complexity index is 218. The van der Waals surface area contributed by atoms with E-state index in [4.69, 9.17) is 0 Å². The van der Waals surface area contributed by atoms with Gasteiger partial charge in [0, 0.05) is 12.4 Å². The van der Waals surface area contributed by atoms with Gasteiger partial charge in [-0.1, -0.05) is 33.3 Å². The van der Waals surface area contributed by atoms with Crippen LogP contribution in [0.1, 0.15) is 38.7 Å². The Morgan fingerprint density at radius 3 is 2.67 bits per heavy atom. The van der Waals surface area contributed by atoms with Gasteiger partial charge >= 0.3 is 0 Å². The average molecular weight is 163 g/mol. The molecule has 1 nitrogen and oxygen atoms in total. The molecule has 1 aromatic heterocycles. The third-order valence-corrected chi connectivity index (χ3v) is 2.71. The molecule has 1 aromatic rings. The molecule has 1 heteroatoms. The number of hydrogen-bond donors (Lipinski definition) is 0. The summed E-state index contributed by atoms with van der Waals surface area (Å²) in [7, 11) is 0. The van der Waals surface area contributed by atoms with Gasteiger partial charge in [0.1, 0.15) is 0 Å². The molecular weight excluding hydrogens is 146 g/mol. The molecule has 0 aliphatic carbocycles. The molecule has 0 bridgehead atoms. The van der Waals surface area contributed by atoms with Crippen LogP contribution in [0, 0.1) is 5.92 Å². The predicted octanol–water partition coefficient (Wildman–Crippen LogP) is 3.23. The summed E-state index contributed by atoms with van der Waals surface area (Å²) < 4.78 is 0. The molecule has 2 atom stereocenters. The largest absolute Gasteiger partial charge is 0.264 e. The lowest BCUT2D eigenvalue weighted by Gasteiger charge is -2.17. The standard InChI is InChI=1S/C11H17N/c1-4-9(2)10(3)11-6-5-7-12-8-11/h5-10H,4H2,1-3H3. The monoisotopic (exact) mass is 163 g/mol. The van der Waals surface area contributed by atoms with Crippen molar-refractivity contribution in [2.75, 3.05) is 0 Å². The van der Waals surface area contributed by atoms with Crippen molar-refractivity contribution in [1.29, 1.82) is 0 Å². The Hall–Kier alpha value is -0.850. The normalized spacial score (nSPS) is 15.6. The number of aromatic nitrogens is 1. The van der Waals surface area contributed by atoms with Crippen LogP contribution >= 0.6 is 0 Å². The van der Waals surface area contributed by atoms with E-state index in [0.29, 0.717) is 5.92 Å². The first kappa shape index (κ1) is 9.24. The Balaban J connectivity index is 2.71. The van der Waals surface area contributed by atoms with Gasteiger partial charge in [-0.15, -0.1) is 0 Å². The molecule has 0 N–H and O–H groups in total. The topological polar surface area (TPSA) is 12.9 Å². The molecule has 0 aliphatic heterocycles. The van der Waals surface area contributed by atoms with Crippen LogP contribution in [0.25, 0.3) is 0 Å². The van der Waals surface area contributed by atoms with E-state index in [1.807, 2.05) is 18.5 Å². The van der Waals surface area contributed by atoms with Crippen LogP contribution in [-0.4, -0.2) is 4.98 Å². The van der Waals surface area contributed by atoms with E-state index >= 15 is 0 Å². The van der Waals surface area contributed by atoms with Crippen LogP contribution < -0.4 is 0 Å². The molecule has 0 radical (unpaired) electrons. The molecule has 1 rings (SSSR count). The van der Waals surface area contributed by atoms with Crippen molar-refractivity contribution in [1.82, 2.24) is 4.98 Å². The maximum atomic E-state index is 4.12. The SMILES string of the molecule is CCC(C)C(C)c1cccnc1. The van der Waals surface area contributed by atoms with Crippen molar-refractivity contribution in [2.24, 2.45) is 5.92 Å². The summed E-state index contributed by atoms with van der Waals surface area (Å²) in [6.07, 6.45) is 5.03. The minimum Gasteiger partial charge on any atom is -0.264 e. The van der Waals surface area contributed by atoms with Crippen molar-refractivity contribution in [3.05, 3.63) is 30.1 Å². The number of rotatable bonds is 3. The van der Waals surface area contributed by atoms with Crippen LogP contribution in [-0.2, 0) is 0 Å². The molecular formula is C11H17N. The summed E-state index contributed by atoms with van der Waals surface area (Å²) in [5.41, 5.74) is 1.35. The van der Waals surface area contributed by atoms with Gasteiger partial charge in [-0.25, -0.2) is 0 Å². The van der Waals surface area contributed by atoms with E-state index in [0.717, 1.165) is 5.92 Å². The van der Waals surface area contributed by atoms with Crippen LogP contribution in [0.5, 0.6) is 0 Å². The van der Waals surface area contributed by atoms with Crippen molar-refractivity contribution < 1.29 is 0 Å². The van der Waals surface area contributed by atoms with Gasteiger partial charge in [-0.2, -0.15) is 0 Å². The molecule has 0 fully saturated rings. The predicted molar refractivity (Wildman–Crippen MR) is 52.1 cm³/mol. The molecule has 0 amide bonds. The highest BCUT2D eigenvalue weighted by Gasteiger charge is 2.11. The fourth-order valence-corrected chi connectivity index (χ4v) is 1.33. The highest BCUT2D eigenvalue weighted by atomic mass is 14.6. The number of nitrogens with zero attached hydrogens (tertiary/aromatic N) is 1. The number of pyridine rings is 1. The molecule has 2 unspecified atom stereocenters. The summed E-state index contributed by atoms with van der Waals surface area (Å²) >= 11 is 0. The first-order chi connectivity index (χ1) is 5.75. The zero-order valence-corrected chi connectivity index (χ0v) is 8.12. The third kappa shape index (κ3) is 2.07. The Morgan fingerprint density at radius 1 is 1.42 bits per heavy atom. The smallest absolute Gasteiger partial charge is 0.0302 e. The molecule has 0 saturated carbocycles. The van der Waals surface area contributed by atoms with Crippen LogP contribution in [0.4, 0.5) is 0 Å². The lowest BCUT2D eigenvalue weighted by atomic mass is 9.88. The molecule has 0 aliphatic rings. The van der Waals surface area contributed by atoms with E-state index < -0.39 is 0 Å². The fourth-order valence-electron chi connectivity index (χ4n) is 1.33. The summed E-state index contributed by atoms with van der Waals surface area (Å²) in [6, 6.07) is 4.16. The minimum absolute atomic E-state index is 0.628. The van der Waals surface area contributed by atoms with Crippen molar-refractivity contribution in [2.45, 2.75) is 33.1 Å². The summed E-state index contributed by atoms with van der Waals surface area (Å²) in [5.74, 6) is 1.37. The van der Waals surface area contributed by atoms with Gasteiger partial charge in [0.15, 0.2) is 0 Å². The second-order valence-electron chi connectivity index (χ2n) is 3.46. The van der Waals surface area contributed by atoms with E-state index in [1.165, 1.54) is 12.0 Å². The van der Waals surface area contributed by atoms with Gasteiger partial charge in [0.2, 0.25) is 0 Å². The molecule has 0 spiro atoms. The van der Waals surface area contributed by atoms with E-state index in [2.05, 4.69) is 31.8 Å². The maximum Gasteiger partial charge on any atom is 0.0302 e. The zero-order valence-electron chi connectivity index (χ0n) is 8.12. The summed E-state index contributed by atoms with van der Waals surface area (Å²) in [4.78, 5) is 4.12. The molecule has 12 heavy (non-hydrogen) atoms. The lowest BCUT2D eigenvalue weighted by Crippen LogP contribution is -2.04. The summed E-state index contributed by atoms with van der Waals surface area (Å²) in [6.45, 7) is 6.79. The number of hydrogen-bond acceptors (Lipinski definition) is 1. The Morgan fingerprint density at radius 2 is 2.17 bits per heavy atom. The fraction of sp³-hybridized carbons (Fsp3) is 0.545. The van der Waals surface area contributed by atoms with E-state index in [9.17, 15) is 0 Å². The second-order valence-corrected chi connectivity index (χ2v) is 3.46. The van der Waals surface area contributed by atoms with Crippen molar-refractivity contribution >= 4 is 0 Å². The maximum absolute atomic E-state index is 4.12. The minimum atomic E-state index is 0.628. The van der Waals surface area contributed by atoms with Crippen LogP contribution in [0.15, 0.2) is 24.5 Å². The molecule has 66 valence electrons. The van der Waals surface area contributed by atoms with Gasteiger partial charge in [-0.3, -0.25) is 4.98 Å². The van der Waals surface area contributed by atoms with Crippen molar-refractivity contribution in [3.8, 4) is 0 Å². The molecule has 0 aromatic carbocycles. The zero-order chi connectivity index (χ0) is 8.97. The molecule has 0 saturated heterocycles. The van der Waals surface area contributed by atoms with E-state index in [-0.39, 0.29) is 0 Å². The van der Waals surface area contributed by atoms with Crippen LogP contribution in [0.3, 0.4) is 0 Å². The lowest BCUT2D eigenvalue weighted by molar-refractivity contribution is 0.472. The Kier molecular flexibility index (Phi) is 3.27. The van der Waals surface area contributed by atoms with Gasteiger partial charge in [0.25, 0.3) is 0 Å². The second kappa shape index (κ2) is 4.24. The van der Waals surface area contributed by atoms with Gasteiger partial charge < -0.3 is 0 Å². The first-order valence-corrected chi connectivity index (χ1v) is 4.65. The van der Waals surface area contributed by atoms with Crippen molar-refractivity contribution in [3.63, 3.8) is 0 Å². The quantitative estimate of drug-likeness (QED) is 0.666. The summed E-state index contributed by atoms with van der Waals surface area (Å²) in [5, 5.41) is 0. The van der Waals surface area contributed by atoms with Crippen LogP contribution in [0.2, 0.25) is 0 Å². The third-order valence-electron chi connectivity index (χ3n) is 2.71. The van der Waals surface area contributed by atoms with Gasteiger partial charge in [0.05, 0.1) is 0 Å².